The van der Waals surface area contributed by atoms with E-state index in [1.54, 1.807) is 6.92 Å². The van der Waals surface area contributed by atoms with Crippen LogP contribution >= 0.6 is 0 Å². The van der Waals surface area contributed by atoms with Gasteiger partial charge < -0.3 is 18.9 Å². The van der Waals surface area contributed by atoms with Gasteiger partial charge in [-0.25, -0.2) is 0 Å². The number of ether oxygens (including phenoxy) is 4. The normalized spacial score (nSPS) is 50.8. The molecule has 0 N–H and O–H groups in total. The standard InChI is InChI=1S/C24H40O5/c1-7-13(2)18-9-21-20(26-18)10-22-23(27-21)15(4)12-24(29-22)11-14(3)17(6)19(28-24)8-16(5)25/h13-15,17-23H,7-12H2,1-6H3/t13-,14-,15-,17-,18-,19-,20+,21+,22-,23-,24+/m0/s1. The second-order valence-corrected chi connectivity index (χ2v) is 10.6. The lowest BCUT2D eigenvalue weighted by molar-refractivity contribution is -0.368. The summed E-state index contributed by atoms with van der Waals surface area (Å²) in [7, 11) is 0. The van der Waals surface area contributed by atoms with Crippen LogP contribution in [0.25, 0.3) is 0 Å². The summed E-state index contributed by atoms with van der Waals surface area (Å²) < 4.78 is 26.3. The molecule has 4 fully saturated rings. The molecule has 0 radical (unpaired) electrons. The van der Waals surface area contributed by atoms with E-state index in [-0.39, 0.29) is 36.3 Å². The summed E-state index contributed by atoms with van der Waals surface area (Å²) >= 11 is 0. The van der Waals surface area contributed by atoms with E-state index in [1.165, 1.54) is 0 Å². The molecule has 5 nitrogen and oxygen atoms in total. The van der Waals surface area contributed by atoms with Crippen molar-refractivity contribution in [1.82, 2.24) is 0 Å². The van der Waals surface area contributed by atoms with Gasteiger partial charge in [0.1, 0.15) is 5.78 Å². The molecule has 29 heavy (non-hydrogen) atoms. The molecular formula is C24H40O5. The largest absolute Gasteiger partial charge is 0.372 e. The lowest BCUT2D eigenvalue weighted by atomic mass is 9.75. The Balaban J connectivity index is 1.48. The van der Waals surface area contributed by atoms with Gasteiger partial charge in [0.15, 0.2) is 5.79 Å². The molecule has 4 saturated heterocycles. The van der Waals surface area contributed by atoms with Gasteiger partial charge >= 0.3 is 0 Å². The molecule has 0 aromatic carbocycles. The molecule has 1 spiro atoms. The van der Waals surface area contributed by atoms with E-state index < -0.39 is 5.79 Å². The van der Waals surface area contributed by atoms with Gasteiger partial charge in [0.25, 0.3) is 0 Å². The van der Waals surface area contributed by atoms with Crippen LogP contribution in [0.4, 0.5) is 0 Å². The van der Waals surface area contributed by atoms with Gasteiger partial charge in [0.2, 0.25) is 0 Å². The van der Waals surface area contributed by atoms with Gasteiger partial charge in [-0.05, 0) is 30.6 Å². The number of hydrogen-bond acceptors (Lipinski definition) is 5. The minimum atomic E-state index is -0.586. The Morgan fingerprint density at radius 2 is 1.69 bits per heavy atom. The fraction of sp³-hybridized carbons (Fsp3) is 0.958. The number of Topliss-reactive ketones (excluding diaryl/α,β-unsaturated/α-hetero) is 1. The van der Waals surface area contributed by atoms with Crippen molar-refractivity contribution in [3.8, 4) is 0 Å². The van der Waals surface area contributed by atoms with Gasteiger partial charge in [0.05, 0.1) is 36.6 Å². The number of hydrogen-bond donors (Lipinski definition) is 0. The van der Waals surface area contributed by atoms with Crippen LogP contribution in [0.3, 0.4) is 0 Å². The van der Waals surface area contributed by atoms with Gasteiger partial charge in [0, 0.05) is 32.1 Å². The molecule has 4 aliphatic heterocycles. The van der Waals surface area contributed by atoms with Crippen molar-refractivity contribution >= 4 is 5.78 Å². The smallest absolute Gasteiger partial charge is 0.169 e. The van der Waals surface area contributed by atoms with Crippen LogP contribution in [0.5, 0.6) is 0 Å². The Labute approximate surface area is 176 Å². The molecule has 0 saturated carbocycles. The minimum Gasteiger partial charge on any atom is -0.372 e. The highest BCUT2D eigenvalue weighted by Gasteiger charge is 2.56. The van der Waals surface area contributed by atoms with Crippen molar-refractivity contribution in [3.05, 3.63) is 0 Å². The third-order valence-corrected chi connectivity index (χ3v) is 8.20. The summed E-state index contributed by atoms with van der Waals surface area (Å²) in [6, 6.07) is 0. The first-order valence-electron chi connectivity index (χ1n) is 11.9. The summed E-state index contributed by atoms with van der Waals surface area (Å²) in [5, 5.41) is 0. The zero-order valence-corrected chi connectivity index (χ0v) is 19.1. The van der Waals surface area contributed by atoms with Crippen molar-refractivity contribution in [1.29, 1.82) is 0 Å². The number of carbonyl (C=O) groups is 1. The number of ketones is 1. The molecule has 0 bridgehead atoms. The summed E-state index contributed by atoms with van der Waals surface area (Å²) in [5.74, 6) is 1.36. The molecule has 4 aliphatic rings. The second-order valence-electron chi connectivity index (χ2n) is 10.6. The molecule has 0 amide bonds. The molecule has 0 aliphatic carbocycles. The molecule has 0 aromatic rings. The van der Waals surface area contributed by atoms with Crippen molar-refractivity contribution in [2.45, 2.75) is 122 Å². The van der Waals surface area contributed by atoms with Crippen LogP contribution in [0.2, 0.25) is 0 Å². The Hall–Kier alpha value is -0.490. The highest BCUT2D eigenvalue weighted by Crippen LogP contribution is 2.50. The van der Waals surface area contributed by atoms with E-state index in [0.29, 0.717) is 36.2 Å². The molecule has 0 unspecified atom stereocenters. The Bertz CT molecular complexity index is 608. The third-order valence-electron chi connectivity index (χ3n) is 8.20. The van der Waals surface area contributed by atoms with Crippen LogP contribution < -0.4 is 0 Å². The van der Waals surface area contributed by atoms with E-state index >= 15 is 0 Å². The summed E-state index contributed by atoms with van der Waals surface area (Å²) in [6.07, 6.45) is 5.92. The molecule has 0 aromatic heterocycles. The fourth-order valence-corrected chi connectivity index (χ4v) is 6.12. The second kappa shape index (κ2) is 8.22. The Kier molecular flexibility index (Phi) is 6.16. The van der Waals surface area contributed by atoms with E-state index in [4.69, 9.17) is 18.9 Å². The van der Waals surface area contributed by atoms with E-state index in [0.717, 1.165) is 32.1 Å². The quantitative estimate of drug-likeness (QED) is 0.685. The average Bonchev–Trinajstić information content (AvgIpc) is 3.06. The SMILES string of the molecule is CC[C@H](C)[C@@H]1C[C@H]2O[C@@H]3[C@H](C[C@H]2O1)O[C@]1(C[C@H](C)[C@H](C)[C@H](CC(C)=O)O1)C[C@@H]3C. The zero-order chi connectivity index (χ0) is 20.9. The van der Waals surface area contributed by atoms with Crippen LogP contribution in [-0.4, -0.2) is 48.2 Å². The maximum atomic E-state index is 11.8. The van der Waals surface area contributed by atoms with Crippen molar-refractivity contribution < 1.29 is 23.7 Å². The number of fused-ring (bicyclic) bond motifs is 2. The van der Waals surface area contributed by atoms with Crippen molar-refractivity contribution in [2.24, 2.45) is 23.7 Å². The lowest BCUT2D eigenvalue weighted by Gasteiger charge is -2.55. The number of rotatable bonds is 4. The molecule has 4 rings (SSSR count). The van der Waals surface area contributed by atoms with E-state index in [2.05, 4.69) is 34.6 Å². The molecule has 166 valence electrons. The maximum Gasteiger partial charge on any atom is 0.169 e. The van der Waals surface area contributed by atoms with Crippen molar-refractivity contribution in [3.63, 3.8) is 0 Å². The van der Waals surface area contributed by atoms with E-state index in [1.807, 2.05) is 0 Å². The van der Waals surface area contributed by atoms with Gasteiger partial charge in [-0.3, -0.25) is 4.79 Å². The summed E-state index contributed by atoms with van der Waals surface area (Å²) in [6.45, 7) is 12.9. The van der Waals surface area contributed by atoms with Gasteiger partial charge in [-0.15, -0.1) is 0 Å². The van der Waals surface area contributed by atoms with Crippen LogP contribution in [-0.2, 0) is 23.7 Å². The first kappa shape index (κ1) is 21.7. The highest BCUT2D eigenvalue weighted by molar-refractivity contribution is 5.76. The summed E-state index contributed by atoms with van der Waals surface area (Å²) in [5.41, 5.74) is 0. The molecular weight excluding hydrogens is 368 g/mol. The van der Waals surface area contributed by atoms with Crippen LogP contribution in [0.15, 0.2) is 0 Å². The van der Waals surface area contributed by atoms with Crippen LogP contribution in [0.1, 0.15) is 80.1 Å². The predicted molar refractivity (Wildman–Crippen MR) is 111 cm³/mol. The third kappa shape index (κ3) is 4.17. The average molecular weight is 409 g/mol. The number of carbonyl (C=O) groups excluding carboxylic acids is 1. The topological polar surface area (TPSA) is 54.0 Å². The van der Waals surface area contributed by atoms with Gasteiger partial charge in [-0.1, -0.05) is 41.0 Å². The Morgan fingerprint density at radius 1 is 1.00 bits per heavy atom. The zero-order valence-electron chi connectivity index (χ0n) is 19.1. The van der Waals surface area contributed by atoms with Gasteiger partial charge in [-0.2, -0.15) is 0 Å². The first-order chi connectivity index (χ1) is 13.7. The predicted octanol–water partition coefficient (Wildman–Crippen LogP) is 4.51. The molecule has 11 atom stereocenters. The Morgan fingerprint density at radius 3 is 2.38 bits per heavy atom. The van der Waals surface area contributed by atoms with Crippen molar-refractivity contribution in [2.75, 3.05) is 0 Å². The van der Waals surface area contributed by atoms with E-state index in [9.17, 15) is 4.79 Å². The maximum absolute atomic E-state index is 11.8. The van der Waals surface area contributed by atoms with Crippen LogP contribution in [0, 0.1) is 23.7 Å². The highest BCUT2D eigenvalue weighted by atomic mass is 16.7. The molecule has 4 heterocycles. The lowest BCUT2D eigenvalue weighted by Crippen LogP contribution is -2.61. The molecule has 5 heteroatoms. The minimum absolute atomic E-state index is 0.00858. The first-order valence-corrected chi connectivity index (χ1v) is 11.9. The fourth-order valence-electron chi connectivity index (χ4n) is 6.12. The summed E-state index contributed by atoms with van der Waals surface area (Å²) in [4.78, 5) is 11.8. The monoisotopic (exact) mass is 408 g/mol.